The molecule has 3 nitrogen and oxygen atoms in total. The van der Waals surface area contributed by atoms with Crippen molar-refractivity contribution in [2.45, 2.75) is 6.54 Å². The van der Waals surface area contributed by atoms with Crippen LogP contribution in [0.3, 0.4) is 0 Å². The van der Waals surface area contributed by atoms with E-state index in [2.05, 4.69) is 16.1 Å². The van der Waals surface area contributed by atoms with Crippen LogP contribution < -0.4 is 0 Å². The summed E-state index contributed by atoms with van der Waals surface area (Å²) >= 11 is 0. The fourth-order valence-electron chi connectivity index (χ4n) is 2.29. The lowest BCUT2D eigenvalue weighted by atomic mass is 10.2. The van der Waals surface area contributed by atoms with Crippen molar-refractivity contribution in [3.8, 4) is 0 Å². The van der Waals surface area contributed by atoms with Crippen molar-refractivity contribution in [1.82, 2.24) is 4.57 Å². The largest absolute Gasteiger partial charge is 0.463 e. The molecule has 0 aliphatic heterocycles. The van der Waals surface area contributed by atoms with Crippen LogP contribution in [-0.2, 0) is 6.54 Å². The Balaban J connectivity index is 1.93. The topological polar surface area (TPSA) is 30.4 Å². The predicted molar refractivity (Wildman–Crippen MR) is 95.2 cm³/mol. The molecule has 3 rings (SSSR count). The second-order valence-corrected chi connectivity index (χ2v) is 5.05. The molecular weight excluding hydrogens is 284 g/mol. The highest BCUT2D eigenvalue weighted by Gasteiger charge is 2.04. The molecule has 1 aromatic carbocycles. The van der Waals surface area contributed by atoms with Gasteiger partial charge in [0.1, 0.15) is 5.70 Å². The van der Waals surface area contributed by atoms with Crippen LogP contribution in [0.2, 0.25) is 0 Å². The third-order valence-electron chi connectivity index (χ3n) is 3.40. The van der Waals surface area contributed by atoms with Gasteiger partial charge in [0.05, 0.1) is 18.2 Å². The van der Waals surface area contributed by atoms with Gasteiger partial charge in [-0.2, -0.15) is 0 Å². The van der Waals surface area contributed by atoms with Crippen LogP contribution in [0.4, 0.5) is 0 Å². The number of allylic oxidation sites excluding steroid dienone is 1. The number of hydrogen-bond acceptors (Lipinski definition) is 2. The summed E-state index contributed by atoms with van der Waals surface area (Å²) in [7, 11) is 0. The van der Waals surface area contributed by atoms with Gasteiger partial charge in [0.25, 0.3) is 0 Å². The number of rotatable bonds is 6. The molecule has 114 valence electrons. The average molecular weight is 302 g/mol. The maximum absolute atomic E-state index is 5.51. The number of nitrogens with zero attached hydrogens (tertiary/aromatic N) is 2. The van der Waals surface area contributed by atoms with Crippen molar-refractivity contribution in [1.29, 1.82) is 0 Å². The van der Waals surface area contributed by atoms with E-state index in [1.807, 2.05) is 79.2 Å². The van der Waals surface area contributed by atoms with Gasteiger partial charge in [-0.25, -0.2) is 0 Å². The van der Waals surface area contributed by atoms with Crippen LogP contribution >= 0.6 is 0 Å². The Morgan fingerprint density at radius 3 is 2.70 bits per heavy atom. The molecule has 0 spiro atoms. The monoisotopic (exact) mass is 302 g/mol. The zero-order valence-electron chi connectivity index (χ0n) is 12.8. The summed E-state index contributed by atoms with van der Waals surface area (Å²) in [5.41, 5.74) is 2.89. The van der Waals surface area contributed by atoms with E-state index in [0.717, 1.165) is 29.3 Å². The normalized spacial score (nSPS) is 11.9. The first-order chi connectivity index (χ1) is 11.4. The van der Waals surface area contributed by atoms with Crippen molar-refractivity contribution in [2.24, 2.45) is 4.99 Å². The Morgan fingerprint density at radius 1 is 1.09 bits per heavy atom. The Morgan fingerprint density at radius 2 is 1.96 bits per heavy atom. The lowest BCUT2D eigenvalue weighted by molar-refractivity contribution is 0.552. The smallest absolute Gasteiger partial charge is 0.152 e. The summed E-state index contributed by atoms with van der Waals surface area (Å²) in [6.07, 6.45) is 9.39. The van der Waals surface area contributed by atoms with Crippen LogP contribution in [0.5, 0.6) is 0 Å². The van der Waals surface area contributed by atoms with E-state index in [9.17, 15) is 0 Å². The van der Waals surface area contributed by atoms with Crippen LogP contribution in [0.15, 0.2) is 89.1 Å². The molecule has 0 fully saturated rings. The van der Waals surface area contributed by atoms with Crippen LogP contribution in [0.25, 0.3) is 11.8 Å². The molecule has 2 heterocycles. The minimum absolute atomic E-state index is 0.743. The lowest BCUT2D eigenvalue weighted by Crippen LogP contribution is -1.98. The van der Waals surface area contributed by atoms with Gasteiger partial charge in [-0.3, -0.25) is 4.99 Å². The van der Waals surface area contributed by atoms with E-state index in [1.165, 1.54) is 0 Å². The van der Waals surface area contributed by atoms with Gasteiger partial charge >= 0.3 is 0 Å². The molecule has 0 saturated heterocycles. The zero-order valence-corrected chi connectivity index (χ0v) is 12.8. The van der Waals surface area contributed by atoms with E-state index < -0.39 is 0 Å². The summed E-state index contributed by atoms with van der Waals surface area (Å²) in [5.74, 6) is 0.743. The summed E-state index contributed by atoms with van der Waals surface area (Å²) in [6.45, 7) is 4.53. The van der Waals surface area contributed by atoms with E-state index in [-0.39, 0.29) is 0 Å². The summed E-state index contributed by atoms with van der Waals surface area (Å²) in [5, 5.41) is 0. The maximum atomic E-state index is 5.51. The standard InChI is InChI=1S/C20H18N2O/c1-2-12-22-13-6-10-18(22)16-21-19(20-11-7-14-23-20)15-17-8-4-3-5-9-17/h2-11,13-16H,1,12H2/b19-15-,21-16?. The Labute approximate surface area is 135 Å². The molecule has 0 atom stereocenters. The van der Waals surface area contributed by atoms with Gasteiger partial charge < -0.3 is 8.98 Å². The van der Waals surface area contributed by atoms with Gasteiger partial charge in [-0.1, -0.05) is 36.4 Å². The first-order valence-corrected chi connectivity index (χ1v) is 7.47. The Bertz CT molecular complexity index is 808. The fourth-order valence-corrected chi connectivity index (χ4v) is 2.29. The van der Waals surface area contributed by atoms with Crippen LogP contribution in [-0.4, -0.2) is 10.8 Å². The lowest BCUT2D eigenvalue weighted by Gasteiger charge is -2.02. The van der Waals surface area contributed by atoms with Crippen molar-refractivity contribution >= 4 is 18.0 Å². The number of furan rings is 1. The van der Waals surface area contributed by atoms with Gasteiger partial charge in [0, 0.05) is 12.7 Å². The van der Waals surface area contributed by atoms with Crippen molar-refractivity contribution in [3.05, 3.63) is 96.7 Å². The molecule has 0 amide bonds. The van der Waals surface area contributed by atoms with Crippen LogP contribution in [0.1, 0.15) is 17.0 Å². The molecule has 0 aliphatic carbocycles. The van der Waals surface area contributed by atoms with E-state index in [4.69, 9.17) is 4.42 Å². The SMILES string of the molecule is C=CCn1cccc1C=N/C(=C\c1ccccc1)c1ccco1. The average Bonchev–Trinajstić information content (AvgIpc) is 3.25. The van der Waals surface area contributed by atoms with E-state index in [0.29, 0.717) is 0 Å². The highest BCUT2D eigenvalue weighted by Crippen LogP contribution is 2.20. The fraction of sp³-hybridized carbons (Fsp3) is 0.0500. The maximum Gasteiger partial charge on any atom is 0.152 e. The number of benzene rings is 1. The molecule has 0 radical (unpaired) electrons. The minimum atomic E-state index is 0.743. The first kappa shape index (κ1) is 14.9. The number of aliphatic imine (C=N–C) groups is 1. The van der Waals surface area contributed by atoms with Gasteiger partial charge in [0.2, 0.25) is 0 Å². The highest BCUT2D eigenvalue weighted by molar-refractivity contribution is 5.88. The predicted octanol–water partition coefficient (Wildman–Crippen LogP) is 4.88. The molecule has 0 saturated carbocycles. The molecule has 3 aromatic rings. The second-order valence-electron chi connectivity index (χ2n) is 5.05. The molecular formula is C20H18N2O. The second kappa shape index (κ2) is 7.27. The van der Waals surface area contributed by atoms with E-state index in [1.54, 1.807) is 6.26 Å². The third-order valence-corrected chi connectivity index (χ3v) is 3.40. The van der Waals surface area contributed by atoms with Crippen molar-refractivity contribution in [2.75, 3.05) is 0 Å². The Hall–Kier alpha value is -3.07. The molecule has 0 aliphatic rings. The molecule has 23 heavy (non-hydrogen) atoms. The van der Waals surface area contributed by atoms with Gasteiger partial charge in [0.15, 0.2) is 5.76 Å². The Kier molecular flexibility index (Phi) is 4.69. The van der Waals surface area contributed by atoms with Crippen LogP contribution in [0, 0.1) is 0 Å². The molecule has 0 bridgehead atoms. The van der Waals surface area contributed by atoms with E-state index >= 15 is 0 Å². The summed E-state index contributed by atoms with van der Waals surface area (Å²) in [6, 6.07) is 17.9. The molecule has 0 unspecified atom stereocenters. The number of hydrogen-bond donors (Lipinski definition) is 0. The molecule has 2 aromatic heterocycles. The molecule has 3 heteroatoms. The highest BCUT2D eigenvalue weighted by atomic mass is 16.3. The van der Waals surface area contributed by atoms with Crippen molar-refractivity contribution < 1.29 is 4.42 Å². The minimum Gasteiger partial charge on any atom is -0.463 e. The summed E-state index contributed by atoms with van der Waals surface area (Å²) in [4.78, 5) is 4.63. The molecule has 0 N–H and O–H groups in total. The summed E-state index contributed by atoms with van der Waals surface area (Å²) < 4.78 is 7.59. The quantitative estimate of drug-likeness (QED) is 0.471. The first-order valence-electron chi connectivity index (χ1n) is 7.47. The van der Waals surface area contributed by atoms with Crippen molar-refractivity contribution in [3.63, 3.8) is 0 Å². The van der Waals surface area contributed by atoms with Gasteiger partial charge in [-0.15, -0.1) is 6.58 Å². The zero-order chi connectivity index (χ0) is 15.9. The number of aromatic nitrogens is 1. The van der Waals surface area contributed by atoms with Gasteiger partial charge in [-0.05, 0) is 35.9 Å². The third kappa shape index (κ3) is 3.77.